The molecule has 6 N–H and O–H groups in total. The van der Waals surface area contributed by atoms with E-state index in [0.29, 0.717) is 25.0 Å². The Labute approximate surface area is 112 Å². The largest absolute Gasteiger partial charge is 0.374 e. The molecule has 0 heterocycles. The Kier molecular flexibility index (Phi) is 5.18. The summed E-state index contributed by atoms with van der Waals surface area (Å²) in [5.41, 5.74) is 17.7. The van der Waals surface area contributed by atoms with E-state index in [1.54, 1.807) is 0 Å². The van der Waals surface area contributed by atoms with Gasteiger partial charge in [0.25, 0.3) is 0 Å². The molecule has 1 aliphatic rings. The van der Waals surface area contributed by atoms with Crippen molar-refractivity contribution in [2.45, 2.75) is 64.1 Å². The summed E-state index contributed by atoms with van der Waals surface area (Å²) in [5, 5.41) is 0. The Morgan fingerprint density at radius 2 is 2.11 bits per heavy atom. The molecule has 0 bridgehead atoms. The highest BCUT2D eigenvalue weighted by molar-refractivity contribution is 5.03. The molecule has 0 radical (unpaired) electrons. The zero-order chi connectivity index (χ0) is 14.0. The molecule has 0 saturated heterocycles. The van der Waals surface area contributed by atoms with Crippen molar-refractivity contribution >= 4 is 0 Å². The summed E-state index contributed by atoms with van der Waals surface area (Å²) < 4.78 is 6.08. The van der Waals surface area contributed by atoms with Gasteiger partial charge in [0.15, 0.2) is 0 Å². The first-order valence-electron chi connectivity index (χ1n) is 7.15. The number of hydrogen-bond acceptors (Lipinski definition) is 4. The summed E-state index contributed by atoms with van der Waals surface area (Å²) in [4.78, 5) is 0. The minimum Gasteiger partial charge on any atom is -0.374 e. The van der Waals surface area contributed by atoms with Crippen LogP contribution in [-0.2, 0) is 4.74 Å². The van der Waals surface area contributed by atoms with Crippen LogP contribution in [-0.4, -0.2) is 30.3 Å². The van der Waals surface area contributed by atoms with Crippen LogP contribution >= 0.6 is 0 Å². The summed E-state index contributed by atoms with van der Waals surface area (Å²) in [6.07, 6.45) is 2.90. The summed E-state index contributed by atoms with van der Waals surface area (Å²) in [7, 11) is 0. The average Bonchev–Trinajstić information content (AvgIpc) is 2.27. The molecular formula is C14H31N3O. The Hall–Kier alpha value is -0.160. The maximum atomic E-state index is 6.37. The van der Waals surface area contributed by atoms with Gasteiger partial charge in [-0.25, -0.2) is 0 Å². The third-order valence-electron chi connectivity index (χ3n) is 4.58. The number of hydrogen-bond donors (Lipinski definition) is 3. The Balaban J connectivity index is 2.52. The molecule has 108 valence electrons. The second kappa shape index (κ2) is 5.87. The molecule has 5 unspecified atom stereocenters. The Bertz CT molecular complexity index is 272. The molecule has 1 fully saturated rings. The molecule has 1 aliphatic carbocycles. The van der Waals surface area contributed by atoms with E-state index >= 15 is 0 Å². The SMILES string of the molecule is CCC1(N)CC(C)C1COC(C)(CN)CC(C)N. The van der Waals surface area contributed by atoms with Crippen molar-refractivity contribution in [1.29, 1.82) is 0 Å². The van der Waals surface area contributed by atoms with Gasteiger partial charge in [0.2, 0.25) is 0 Å². The van der Waals surface area contributed by atoms with Crippen molar-refractivity contribution in [3.63, 3.8) is 0 Å². The molecule has 1 rings (SSSR count). The first-order valence-corrected chi connectivity index (χ1v) is 7.15. The Morgan fingerprint density at radius 1 is 1.50 bits per heavy atom. The monoisotopic (exact) mass is 257 g/mol. The summed E-state index contributed by atoms with van der Waals surface area (Å²) in [6.45, 7) is 9.64. The molecule has 4 heteroatoms. The van der Waals surface area contributed by atoms with Gasteiger partial charge < -0.3 is 21.9 Å². The number of ether oxygens (including phenoxy) is 1. The van der Waals surface area contributed by atoms with Crippen molar-refractivity contribution in [2.24, 2.45) is 29.0 Å². The van der Waals surface area contributed by atoms with E-state index in [0.717, 1.165) is 19.3 Å². The number of nitrogens with two attached hydrogens (primary N) is 3. The van der Waals surface area contributed by atoms with Crippen LogP contribution in [0.2, 0.25) is 0 Å². The third kappa shape index (κ3) is 3.44. The lowest BCUT2D eigenvalue weighted by molar-refractivity contribution is -0.0999. The van der Waals surface area contributed by atoms with E-state index in [1.165, 1.54) is 0 Å². The summed E-state index contributed by atoms with van der Waals surface area (Å²) >= 11 is 0. The van der Waals surface area contributed by atoms with Crippen LogP contribution in [0, 0.1) is 11.8 Å². The van der Waals surface area contributed by atoms with Crippen LogP contribution in [0.3, 0.4) is 0 Å². The van der Waals surface area contributed by atoms with Crippen LogP contribution in [0.1, 0.15) is 47.0 Å². The molecule has 0 aromatic rings. The van der Waals surface area contributed by atoms with E-state index in [4.69, 9.17) is 21.9 Å². The van der Waals surface area contributed by atoms with Gasteiger partial charge in [-0.2, -0.15) is 0 Å². The van der Waals surface area contributed by atoms with E-state index in [9.17, 15) is 0 Å². The second-order valence-electron chi connectivity index (χ2n) is 6.52. The lowest BCUT2D eigenvalue weighted by atomic mass is 9.59. The van der Waals surface area contributed by atoms with Gasteiger partial charge in [0.1, 0.15) is 0 Å². The van der Waals surface area contributed by atoms with Gasteiger partial charge in [0, 0.05) is 24.0 Å². The average molecular weight is 257 g/mol. The van der Waals surface area contributed by atoms with Gasteiger partial charge >= 0.3 is 0 Å². The molecule has 0 amide bonds. The van der Waals surface area contributed by atoms with Gasteiger partial charge in [-0.1, -0.05) is 13.8 Å². The fraction of sp³-hybridized carbons (Fsp3) is 1.00. The highest BCUT2D eigenvalue weighted by atomic mass is 16.5. The van der Waals surface area contributed by atoms with Crippen LogP contribution in [0.15, 0.2) is 0 Å². The van der Waals surface area contributed by atoms with Gasteiger partial charge in [-0.15, -0.1) is 0 Å². The molecule has 18 heavy (non-hydrogen) atoms. The fourth-order valence-electron chi connectivity index (χ4n) is 3.21. The van der Waals surface area contributed by atoms with E-state index in [2.05, 4.69) is 13.8 Å². The van der Waals surface area contributed by atoms with Gasteiger partial charge in [-0.05, 0) is 39.0 Å². The third-order valence-corrected chi connectivity index (χ3v) is 4.58. The second-order valence-corrected chi connectivity index (χ2v) is 6.52. The fourth-order valence-corrected chi connectivity index (χ4v) is 3.21. The molecule has 1 saturated carbocycles. The first kappa shape index (κ1) is 15.9. The summed E-state index contributed by atoms with van der Waals surface area (Å²) in [6, 6.07) is 0.103. The highest BCUT2D eigenvalue weighted by Gasteiger charge is 2.48. The van der Waals surface area contributed by atoms with Crippen molar-refractivity contribution in [3.8, 4) is 0 Å². The quantitative estimate of drug-likeness (QED) is 0.640. The lowest BCUT2D eigenvalue weighted by Crippen LogP contribution is -2.61. The first-order chi connectivity index (χ1) is 8.26. The normalized spacial score (nSPS) is 36.8. The maximum Gasteiger partial charge on any atom is 0.0790 e. The number of rotatable bonds is 7. The summed E-state index contributed by atoms with van der Waals surface area (Å²) in [5.74, 6) is 1.09. The van der Waals surface area contributed by atoms with Crippen LogP contribution in [0.5, 0.6) is 0 Å². The minimum atomic E-state index is -0.321. The van der Waals surface area contributed by atoms with Crippen molar-refractivity contribution in [2.75, 3.05) is 13.2 Å². The van der Waals surface area contributed by atoms with E-state index in [1.807, 2.05) is 13.8 Å². The predicted molar refractivity (Wildman–Crippen MR) is 76.2 cm³/mol. The molecule has 0 spiro atoms. The standard InChI is InChI=1S/C14H31N3O/c1-5-14(17)6-10(2)12(14)8-18-13(4,9-15)7-11(3)16/h10-12H,5-9,15-17H2,1-4H3. The van der Waals surface area contributed by atoms with E-state index in [-0.39, 0.29) is 17.2 Å². The van der Waals surface area contributed by atoms with Crippen molar-refractivity contribution in [1.82, 2.24) is 0 Å². The molecule has 5 atom stereocenters. The molecule has 0 aliphatic heterocycles. The lowest BCUT2D eigenvalue weighted by Gasteiger charge is -2.52. The minimum absolute atomic E-state index is 0.0384. The maximum absolute atomic E-state index is 6.37. The molecular weight excluding hydrogens is 226 g/mol. The van der Waals surface area contributed by atoms with Crippen molar-refractivity contribution in [3.05, 3.63) is 0 Å². The smallest absolute Gasteiger partial charge is 0.0790 e. The zero-order valence-corrected chi connectivity index (χ0v) is 12.4. The topological polar surface area (TPSA) is 87.3 Å². The molecule has 0 aromatic heterocycles. The Morgan fingerprint density at radius 3 is 2.50 bits per heavy atom. The predicted octanol–water partition coefficient (Wildman–Crippen LogP) is 1.22. The van der Waals surface area contributed by atoms with Crippen LogP contribution in [0.4, 0.5) is 0 Å². The van der Waals surface area contributed by atoms with E-state index < -0.39 is 0 Å². The molecule has 0 aromatic carbocycles. The molecule has 4 nitrogen and oxygen atoms in total. The van der Waals surface area contributed by atoms with Crippen molar-refractivity contribution < 1.29 is 4.74 Å². The van der Waals surface area contributed by atoms with Gasteiger partial charge in [-0.3, -0.25) is 0 Å². The van der Waals surface area contributed by atoms with Crippen LogP contribution in [0.25, 0.3) is 0 Å². The van der Waals surface area contributed by atoms with Gasteiger partial charge in [0.05, 0.1) is 12.2 Å². The highest BCUT2D eigenvalue weighted by Crippen LogP contribution is 2.44. The zero-order valence-electron chi connectivity index (χ0n) is 12.4. The van der Waals surface area contributed by atoms with Crippen LogP contribution < -0.4 is 17.2 Å².